The summed E-state index contributed by atoms with van der Waals surface area (Å²) in [7, 11) is 0. The van der Waals surface area contributed by atoms with Gasteiger partial charge in [0, 0.05) is 12.1 Å². The zero-order valence-electron chi connectivity index (χ0n) is 16.7. The van der Waals surface area contributed by atoms with Gasteiger partial charge in [-0.3, -0.25) is 4.79 Å². The third kappa shape index (κ3) is 3.70. The minimum atomic E-state index is -1.70. The molecule has 1 fully saturated rings. The predicted octanol–water partition coefficient (Wildman–Crippen LogP) is -0.313. The zero-order valence-corrected chi connectivity index (χ0v) is 16.7. The molecular formula is C21H22O11. The third-order valence-electron chi connectivity index (χ3n) is 5.50. The molecule has 0 aliphatic carbocycles. The highest BCUT2D eigenvalue weighted by molar-refractivity contribution is 6.05. The molecule has 4 rings (SSSR count). The monoisotopic (exact) mass is 450 g/mol. The zero-order chi connectivity index (χ0) is 23.3. The number of ketones is 1. The summed E-state index contributed by atoms with van der Waals surface area (Å²) in [5.74, 6) is -2.51. The van der Waals surface area contributed by atoms with E-state index in [1.54, 1.807) is 0 Å². The fourth-order valence-corrected chi connectivity index (χ4v) is 3.68. The highest BCUT2D eigenvalue weighted by Gasteiger charge is 2.44. The van der Waals surface area contributed by atoms with Crippen molar-refractivity contribution >= 4 is 5.78 Å². The summed E-state index contributed by atoms with van der Waals surface area (Å²) in [5.41, 5.74) is -0.104. The first-order valence-electron chi connectivity index (χ1n) is 9.72. The van der Waals surface area contributed by atoms with Crippen LogP contribution in [0.25, 0.3) is 0 Å². The quantitative estimate of drug-likeness (QED) is 0.304. The fraction of sp³-hybridized carbons (Fsp3) is 0.381. The maximum absolute atomic E-state index is 12.7. The van der Waals surface area contributed by atoms with E-state index < -0.39 is 65.9 Å². The van der Waals surface area contributed by atoms with E-state index >= 15 is 0 Å². The number of hydrogen-bond acceptors (Lipinski definition) is 11. The van der Waals surface area contributed by atoms with Crippen LogP contribution in [-0.2, 0) is 4.74 Å². The Morgan fingerprint density at radius 2 is 1.59 bits per heavy atom. The molecule has 1 unspecified atom stereocenters. The van der Waals surface area contributed by atoms with Crippen LogP contribution in [-0.4, -0.2) is 78.3 Å². The van der Waals surface area contributed by atoms with Crippen molar-refractivity contribution in [1.29, 1.82) is 0 Å². The molecule has 7 N–H and O–H groups in total. The van der Waals surface area contributed by atoms with Crippen LogP contribution < -0.4 is 9.47 Å². The van der Waals surface area contributed by atoms with Crippen molar-refractivity contribution in [2.45, 2.75) is 49.8 Å². The van der Waals surface area contributed by atoms with Gasteiger partial charge in [-0.05, 0) is 24.6 Å². The lowest BCUT2D eigenvalue weighted by atomic mass is 9.92. The second kappa shape index (κ2) is 8.11. The van der Waals surface area contributed by atoms with Gasteiger partial charge in [-0.25, -0.2) is 0 Å². The number of aromatic hydroxyl groups is 3. The molecular weight excluding hydrogens is 428 g/mol. The van der Waals surface area contributed by atoms with Crippen LogP contribution in [0.4, 0.5) is 0 Å². The van der Waals surface area contributed by atoms with Crippen LogP contribution in [0, 0.1) is 0 Å². The molecule has 0 radical (unpaired) electrons. The Morgan fingerprint density at radius 3 is 2.28 bits per heavy atom. The first kappa shape index (κ1) is 22.1. The number of carbonyl (C=O) groups is 1. The van der Waals surface area contributed by atoms with Gasteiger partial charge in [0.1, 0.15) is 41.1 Å². The second-order valence-electron chi connectivity index (χ2n) is 7.71. The van der Waals surface area contributed by atoms with Crippen LogP contribution in [0.2, 0.25) is 0 Å². The molecule has 32 heavy (non-hydrogen) atoms. The van der Waals surface area contributed by atoms with Crippen LogP contribution in [0.3, 0.4) is 0 Å². The highest BCUT2D eigenvalue weighted by atomic mass is 16.7. The SMILES string of the molecule is C[C@@H]1OC(Oc2cc(O)c3c(c2)O[C@H](c2ccc(O)c(O)c2)[C@@H](O)C3=O)[C@H](O)[C@H](O)[C@H]1O. The van der Waals surface area contributed by atoms with Crippen molar-refractivity contribution in [2.75, 3.05) is 0 Å². The number of fused-ring (bicyclic) bond motifs is 1. The molecule has 11 nitrogen and oxygen atoms in total. The van der Waals surface area contributed by atoms with Crippen molar-refractivity contribution < 1.29 is 54.8 Å². The van der Waals surface area contributed by atoms with Crippen molar-refractivity contribution in [2.24, 2.45) is 0 Å². The van der Waals surface area contributed by atoms with E-state index in [-0.39, 0.29) is 22.6 Å². The largest absolute Gasteiger partial charge is 0.507 e. The lowest BCUT2D eigenvalue weighted by molar-refractivity contribution is -0.268. The van der Waals surface area contributed by atoms with E-state index in [9.17, 15) is 40.5 Å². The number of phenolic OH excluding ortho intramolecular Hbond substituents is 3. The first-order chi connectivity index (χ1) is 15.1. The Kier molecular flexibility index (Phi) is 5.61. The van der Waals surface area contributed by atoms with Crippen molar-refractivity contribution in [3.8, 4) is 28.7 Å². The van der Waals surface area contributed by atoms with Gasteiger partial charge in [0.25, 0.3) is 0 Å². The summed E-state index contributed by atoms with van der Waals surface area (Å²) in [6.45, 7) is 1.47. The molecule has 172 valence electrons. The van der Waals surface area contributed by atoms with E-state index in [0.29, 0.717) is 0 Å². The van der Waals surface area contributed by atoms with Crippen LogP contribution in [0.15, 0.2) is 30.3 Å². The average Bonchev–Trinajstić information content (AvgIpc) is 2.74. The van der Waals surface area contributed by atoms with Gasteiger partial charge in [-0.1, -0.05) is 6.07 Å². The summed E-state index contributed by atoms with van der Waals surface area (Å²) < 4.78 is 16.6. The van der Waals surface area contributed by atoms with Gasteiger partial charge in [0.15, 0.2) is 23.7 Å². The second-order valence-corrected chi connectivity index (χ2v) is 7.71. The van der Waals surface area contributed by atoms with E-state index in [1.807, 2.05) is 0 Å². The number of rotatable bonds is 3. The Balaban J connectivity index is 1.64. The number of ether oxygens (including phenoxy) is 3. The van der Waals surface area contributed by atoms with E-state index in [2.05, 4.69) is 0 Å². The molecule has 1 saturated heterocycles. The van der Waals surface area contributed by atoms with Gasteiger partial charge < -0.3 is 50.0 Å². The molecule has 11 heteroatoms. The predicted molar refractivity (Wildman–Crippen MR) is 105 cm³/mol. The standard InChI is InChI=1S/C21H22O11/c1-7-15(25)17(27)19(29)21(30-7)31-9-5-12(24)14-13(6-9)32-20(18(28)16(14)26)8-2-3-10(22)11(23)4-8/h2-7,15,17-25,27-29H,1H3/t7-,15-,17+,18-,19+,20+,21?/m0/s1. The number of aliphatic hydroxyl groups excluding tert-OH is 4. The first-order valence-corrected chi connectivity index (χ1v) is 9.72. The molecule has 7 atom stereocenters. The summed E-state index contributed by atoms with van der Waals surface area (Å²) in [5, 5.41) is 69.8. The molecule has 2 aromatic rings. The fourth-order valence-electron chi connectivity index (χ4n) is 3.68. The van der Waals surface area contributed by atoms with Crippen LogP contribution >= 0.6 is 0 Å². The van der Waals surface area contributed by atoms with Gasteiger partial charge in [-0.2, -0.15) is 0 Å². The number of benzene rings is 2. The van der Waals surface area contributed by atoms with E-state index in [0.717, 1.165) is 12.1 Å². The van der Waals surface area contributed by atoms with E-state index in [4.69, 9.17) is 14.2 Å². The minimum absolute atomic E-state index is 0.0856. The minimum Gasteiger partial charge on any atom is -0.507 e. The average molecular weight is 450 g/mol. The van der Waals surface area contributed by atoms with Crippen molar-refractivity contribution in [1.82, 2.24) is 0 Å². The molecule has 2 aliphatic rings. The van der Waals surface area contributed by atoms with Gasteiger partial charge in [0.05, 0.1) is 6.10 Å². The normalized spacial score (nSPS) is 32.2. The number of aliphatic hydroxyl groups is 4. The summed E-state index contributed by atoms with van der Waals surface area (Å²) in [4.78, 5) is 12.7. The van der Waals surface area contributed by atoms with Crippen LogP contribution in [0.1, 0.15) is 28.9 Å². The number of Topliss-reactive ketones (excluding diaryl/α,β-unsaturated/α-hetero) is 1. The molecule has 0 amide bonds. The number of hydrogen-bond donors (Lipinski definition) is 7. The molecule has 2 heterocycles. The lowest BCUT2D eigenvalue weighted by Gasteiger charge is -2.39. The van der Waals surface area contributed by atoms with Gasteiger partial charge in [-0.15, -0.1) is 0 Å². The van der Waals surface area contributed by atoms with Gasteiger partial charge in [0.2, 0.25) is 12.1 Å². The Labute approximate surface area is 181 Å². The smallest absolute Gasteiger partial charge is 0.229 e. The molecule has 2 aromatic carbocycles. The molecule has 2 aliphatic heterocycles. The van der Waals surface area contributed by atoms with E-state index in [1.165, 1.54) is 25.1 Å². The molecule has 0 spiro atoms. The summed E-state index contributed by atoms with van der Waals surface area (Å²) >= 11 is 0. The molecule has 0 saturated carbocycles. The third-order valence-corrected chi connectivity index (χ3v) is 5.50. The highest BCUT2D eigenvalue weighted by Crippen LogP contribution is 2.43. The summed E-state index contributed by atoms with van der Waals surface area (Å²) in [6.07, 6.45) is -9.67. The van der Waals surface area contributed by atoms with Crippen molar-refractivity contribution in [3.05, 3.63) is 41.5 Å². The van der Waals surface area contributed by atoms with Crippen molar-refractivity contribution in [3.63, 3.8) is 0 Å². The lowest BCUT2D eigenvalue weighted by Crippen LogP contribution is -2.58. The Morgan fingerprint density at radius 1 is 0.875 bits per heavy atom. The maximum Gasteiger partial charge on any atom is 0.229 e. The Bertz CT molecular complexity index is 1040. The topological polar surface area (TPSA) is 186 Å². The van der Waals surface area contributed by atoms with Gasteiger partial charge >= 0.3 is 0 Å². The number of carbonyl (C=O) groups excluding carboxylic acids is 1. The Hall–Kier alpha value is -3.09. The molecule has 0 bridgehead atoms. The van der Waals surface area contributed by atoms with Crippen LogP contribution in [0.5, 0.6) is 28.7 Å². The number of phenols is 3. The molecule has 0 aromatic heterocycles. The summed E-state index contributed by atoms with van der Waals surface area (Å²) in [6, 6.07) is 5.92. The maximum atomic E-state index is 12.7.